The summed E-state index contributed by atoms with van der Waals surface area (Å²) in [6.45, 7) is 4.56. The van der Waals surface area contributed by atoms with Crippen molar-refractivity contribution in [3.05, 3.63) is 101 Å². The van der Waals surface area contributed by atoms with E-state index >= 15 is 0 Å². The predicted octanol–water partition coefficient (Wildman–Crippen LogP) is 6.17. The van der Waals surface area contributed by atoms with Gasteiger partial charge in [0, 0.05) is 12.0 Å². The largest absolute Gasteiger partial charge is 0.497 e. The normalized spacial score (nSPS) is 11.6. The van der Waals surface area contributed by atoms with Gasteiger partial charge >= 0.3 is 5.97 Å². The highest BCUT2D eigenvalue weighted by molar-refractivity contribution is 5.78. The molecular formula is C30H31NO5. The Morgan fingerprint density at radius 3 is 2.47 bits per heavy atom. The minimum atomic E-state index is -0.416. The highest BCUT2D eigenvalue weighted by atomic mass is 16.5. The summed E-state index contributed by atoms with van der Waals surface area (Å²) >= 11 is 0. The summed E-state index contributed by atoms with van der Waals surface area (Å²) in [6.07, 6.45) is 1.16. The molecule has 6 nitrogen and oxygen atoms in total. The number of carbonyl (C=O) groups is 1. The number of benzene rings is 3. The second-order valence-electron chi connectivity index (χ2n) is 8.42. The molecule has 1 heterocycles. The minimum absolute atomic E-state index is 0.246. The number of aromatic nitrogens is 1. The van der Waals surface area contributed by atoms with Crippen molar-refractivity contribution >= 4 is 5.97 Å². The summed E-state index contributed by atoms with van der Waals surface area (Å²) in [5.74, 6) is 2.24. The van der Waals surface area contributed by atoms with Crippen LogP contribution >= 0.6 is 0 Å². The lowest BCUT2D eigenvalue weighted by molar-refractivity contribution is -0.144. The van der Waals surface area contributed by atoms with Crippen molar-refractivity contribution in [3.8, 4) is 23.0 Å². The van der Waals surface area contributed by atoms with E-state index in [1.54, 1.807) is 7.11 Å². The zero-order chi connectivity index (χ0) is 25.3. The molecule has 0 N–H and O–H groups in total. The lowest BCUT2D eigenvalue weighted by Gasteiger charge is -2.17. The van der Waals surface area contributed by atoms with E-state index in [-0.39, 0.29) is 5.97 Å². The van der Waals surface area contributed by atoms with Crippen LogP contribution in [0.15, 0.2) is 83.3 Å². The molecule has 0 bridgehead atoms. The van der Waals surface area contributed by atoms with Crippen LogP contribution in [0.4, 0.5) is 0 Å². The Balaban J connectivity index is 1.37. The average molecular weight is 486 g/mol. The van der Waals surface area contributed by atoms with Crippen LogP contribution < -0.4 is 9.47 Å². The Kier molecular flexibility index (Phi) is 8.40. The van der Waals surface area contributed by atoms with Crippen LogP contribution in [0.25, 0.3) is 11.5 Å². The molecule has 1 unspecified atom stereocenters. The Morgan fingerprint density at radius 1 is 0.972 bits per heavy atom. The van der Waals surface area contributed by atoms with E-state index in [4.69, 9.17) is 18.6 Å². The summed E-state index contributed by atoms with van der Waals surface area (Å²) in [6, 6.07) is 25.2. The van der Waals surface area contributed by atoms with Crippen molar-refractivity contribution < 1.29 is 23.4 Å². The first kappa shape index (κ1) is 25.0. The molecule has 0 aliphatic rings. The predicted molar refractivity (Wildman–Crippen MR) is 138 cm³/mol. The summed E-state index contributed by atoms with van der Waals surface area (Å²) in [7, 11) is 1.61. The van der Waals surface area contributed by atoms with Crippen molar-refractivity contribution in [3.63, 3.8) is 0 Å². The Hall–Kier alpha value is -4.06. The number of esters is 1. The zero-order valence-electron chi connectivity index (χ0n) is 20.9. The van der Waals surface area contributed by atoms with Crippen LogP contribution in [0.3, 0.4) is 0 Å². The van der Waals surface area contributed by atoms with Gasteiger partial charge in [0.15, 0.2) is 0 Å². The molecule has 1 atom stereocenters. The van der Waals surface area contributed by atoms with Crippen molar-refractivity contribution in [2.24, 2.45) is 0 Å². The van der Waals surface area contributed by atoms with Gasteiger partial charge in [-0.1, -0.05) is 42.5 Å². The summed E-state index contributed by atoms with van der Waals surface area (Å²) < 4.78 is 22.5. The Bertz CT molecular complexity index is 1260. The van der Waals surface area contributed by atoms with E-state index in [0.29, 0.717) is 37.7 Å². The van der Waals surface area contributed by atoms with E-state index < -0.39 is 5.92 Å². The molecule has 0 spiro atoms. The molecule has 0 amide bonds. The van der Waals surface area contributed by atoms with Crippen LogP contribution in [0.5, 0.6) is 11.5 Å². The fourth-order valence-electron chi connectivity index (χ4n) is 4.03. The van der Waals surface area contributed by atoms with Crippen molar-refractivity contribution in [2.45, 2.75) is 32.6 Å². The standard InChI is InChI=1S/C30H31NO5/c1-4-34-30(32)27(24-11-8-12-26(20-24)33-3)19-22-13-15-25(16-14-22)35-18-17-28-21(2)36-29(31-28)23-9-6-5-7-10-23/h5-16,20,27H,4,17-19H2,1-3H3. The molecule has 6 heteroatoms. The van der Waals surface area contributed by atoms with Gasteiger partial charge in [0.05, 0.1) is 31.9 Å². The van der Waals surface area contributed by atoms with Crippen LogP contribution in [-0.4, -0.2) is 31.3 Å². The number of hydrogen-bond donors (Lipinski definition) is 0. The van der Waals surface area contributed by atoms with Crippen molar-refractivity contribution in [1.29, 1.82) is 0 Å². The van der Waals surface area contributed by atoms with Crippen LogP contribution in [0.1, 0.15) is 35.4 Å². The van der Waals surface area contributed by atoms with Crippen LogP contribution in [0, 0.1) is 6.92 Å². The fraction of sp³-hybridized carbons (Fsp3) is 0.267. The maximum Gasteiger partial charge on any atom is 0.313 e. The molecular weight excluding hydrogens is 454 g/mol. The minimum Gasteiger partial charge on any atom is -0.497 e. The molecule has 0 saturated carbocycles. The molecule has 1 aromatic heterocycles. The quantitative estimate of drug-likeness (QED) is 0.237. The highest BCUT2D eigenvalue weighted by Gasteiger charge is 2.23. The lowest BCUT2D eigenvalue weighted by Crippen LogP contribution is -2.18. The lowest BCUT2D eigenvalue weighted by atomic mass is 9.92. The second kappa shape index (κ2) is 12.1. The van der Waals surface area contributed by atoms with E-state index in [0.717, 1.165) is 33.9 Å². The first-order valence-corrected chi connectivity index (χ1v) is 12.1. The molecule has 0 saturated heterocycles. The molecule has 0 aliphatic heterocycles. The van der Waals surface area contributed by atoms with Crippen LogP contribution in [-0.2, 0) is 22.4 Å². The number of ether oxygens (including phenoxy) is 3. The first-order valence-electron chi connectivity index (χ1n) is 12.1. The molecule has 4 aromatic rings. The van der Waals surface area contributed by atoms with Gasteiger partial charge in [0.25, 0.3) is 0 Å². The van der Waals surface area contributed by atoms with Crippen molar-refractivity contribution in [1.82, 2.24) is 4.98 Å². The molecule has 36 heavy (non-hydrogen) atoms. The monoisotopic (exact) mass is 485 g/mol. The highest BCUT2D eigenvalue weighted by Crippen LogP contribution is 2.27. The number of methoxy groups -OCH3 is 1. The van der Waals surface area contributed by atoms with Gasteiger partial charge in [-0.2, -0.15) is 0 Å². The average Bonchev–Trinajstić information content (AvgIpc) is 3.29. The fourth-order valence-corrected chi connectivity index (χ4v) is 4.03. The van der Waals surface area contributed by atoms with Crippen molar-refractivity contribution in [2.75, 3.05) is 20.3 Å². The van der Waals surface area contributed by atoms with Gasteiger partial charge in [0.2, 0.25) is 5.89 Å². The molecule has 0 fully saturated rings. The van der Waals surface area contributed by atoms with Gasteiger partial charge in [0.1, 0.15) is 17.3 Å². The third kappa shape index (κ3) is 6.33. The summed E-state index contributed by atoms with van der Waals surface area (Å²) in [5.41, 5.74) is 3.73. The van der Waals surface area contributed by atoms with Gasteiger partial charge in [-0.3, -0.25) is 4.79 Å². The summed E-state index contributed by atoms with van der Waals surface area (Å²) in [5, 5.41) is 0. The number of rotatable bonds is 11. The third-order valence-electron chi connectivity index (χ3n) is 5.95. The maximum atomic E-state index is 12.7. The first-order chi connectivity index (χ1) is 17.6. The van der Waals surface area contributed by atoms with Gasteiger partial charge in [-0.25, -0.2) is 4.98 Å². The van der Waals surface area contributed by atoms with E-state index in [1.807, 2.05) is 92.7 Å². The maximum absolute atomic E-state index is 12.7. The number of oxazole rings is 1. The van der Waals surface area contributed by atoms with Crippen LogP contribution in [0.2, 0.25) is 0 Å². The number of hydrogen-bond acceptors (Lipinski definition) is 6. The van der Waals surface area contributed by atoms with Gasteiger partial charge < -0.3 is 18.6 Å². The topological polar surface area (TPSA) is 70.8 Å². The Labute approximate surface area is 211 Å². The third-order valence-corrected chi connectivity index (χ3v) is 5.95. The zero-order valence-corrected chi connectivity index (χ0v) is 20.9. The van der Waals surface area contributed by atoms with E-state index in [1.165, 1.54) is 0 Å². The molecule has 0 radical (unpaired) electrons. The molecule has 3 aromatic carbocycles. The SMILES string of the molecule is CCOC(=O)C(Cc1ccc(OCCc2nc(-c3ccccc3)oc2C)cc1)c1cccc(OC)c1. The molecule has 0 aliphatic carbocycles. The molecule has 4 rings (SSSR count). The second-order valence-corrected chi connectivity index (χ2v) is 8.42. The van der Waals surface area contributed by atoms with E-state index in [2.05, 4.69) is 4.98 Å². The van der Waals surface area contributed by atoms with Gasteiger partial charge in [-0.15, -0.1) is 0 Å². The number of carbonyl (C=O) groups excluding carboxylic acids is 1. The summed E-state index contributed by atoms with van der Waals surface area (Å²) in [4.78, 5) is 17.3. The smallest absolute Gasteiger partial charge is 0.313 e. The molecule has 186 valence electrons. The number of aryl methyl sites for hydroxylation is 1. The Morgan fingerprint density at radius 2 is 1.75 bits per heavy atom. The number of nitrogens with zero attached hydrogens (tertiary/aromatic N) is 1. The van der Waals surface area contributed by atoms with E-state index in [9.17, 15) is 4.79 Å². The van der Waals surface area contributed by atoms with Gasteiger partial charge in [-0.05, 0) is 67.8 Å².